The fraction of sp³-hybridized carbons (Fsp3) is 0.755. The summed E-state index contributed by atoms with van der Waals surface area (Å²) in [6.45, 7) is 6.45. The van der Waals surface area contributed by atoms with E-state index in [1.165, 1.54) is 103 Å². The standard InChI is InChI=1S/C53H92O6/c1-4-7-10-13-16-19-22-24-25-26-27-29-31-34-37-40-43-46-52(55)58-49-50(48-57-51(54)45-42-39-36-33-30-21-18-15-12-9-6-3)59-53(56)47-44-41-38-35-32-28-23-20-17-14-11-8-5-2/h8,11,14,16-17,19-20,23-25,50H,4-7,9-10,12-13,15,18,21-22,26-49H2,1-3H3/b11-8-,17-14-,19-16-,23-20-,25-24-. The third-order valence-electron chi connectivity index (χ3n) is 10.6. The van der Waals surface area contributed by atoms with E-state index in [0.29, 0.717) is 19.3 Å². The van der Waals surface area contributed by atoms with E-state index >= 15 is 0 Å². The number of esters is 3. The molecule has 1 atom stereocenters. The van der Waals surface area contributed by atoms with Gasteiger partial charge in [0.25, 0.3) is 0 Å². The van der Waals surface area contributed by atoms with Crippen molar-refractivity contribution in [3.63, 3.8) is 0 Å². The summed E-state index contributed by atoms with van der Waals surface area (Å²) in [5, 5.41) is 0. The Kier molecular flexibility index (Phi) is 45.4. The maximum Gasteiger partial charge on any atom is 0.306 e. The molecule has 0 aliphatic heterocycles. The minimum absolute atomic E-state index is 0.0839. The zero-order valence-corrected chi connectivity index (χ0v) is 38.8. The van der Waals surface area contributed by atoms with Gasteiger partial charge in [-0.1, -0.05) is 210 Å². The average molecular weight is 825 g/mol. The van der Waals surface area contributed by atoms with Crippen LogP contribution in [0.2, 0.25) is 0 Å². The van der Waals surface area contributed by atoms with Crippen molar-refractivity contribution in [2.24, 2.45) is 0 Å². The van der Waals surface area contributed by atoms with Gasteiger partial charge >= 0.3 is 17.9 Å². The first-order chi connectivity index (χ1) is 29.0. The van der Waals surface area contributed by atoms with Crippen molar-refractivity contribution in [3.05, 3.63) is 60.8 Å². The van der Waals surface area contributed by atoms with E-state index < -0.39 is 6.10 Å². The Morgan fingerprint density at radius 3 is 1.19 bits per heavy atom. The topological polar surface area (TPSA) is 78.9 Å². The smallest absolute Gasteiger partial charge is 0.306 e. The second kappa shape index (κ2) is 47.8. The van der Waals surface area contributed by atoms with E-state index in [1.807, 2.05) is 0 Å². The van der Waals surface area contributed by atoms with E-state index in [1.54, 1.807) is 0 Å². The number of carbonyl (C=O) groups excluding carboxylic acids is 3. The number of carbonyl (C=O) groups is 3. The molecule has 0 aliphatic carbocycles. The lowest BCUT2D eigenvalue weighted by atomic mass is 10.1. The van der Waals surface area contributed by atoms with E-state index in [0.717, 1.165) is 96.3 Å². The van der Waals surface area contributed by atoms with Crippen molar-refractivity contribution in [1.29, 1.82) is 0 Å². The van der Waals surface area contributed by atoms with Gasteiger partial charge in [-0.3, -0.25) is 14.4 Å². The number of rotatable bonds is 44. The number of unbranched alkanes of at least 4 members (excludes halogenated alkanes) is 25. The van der Waals surface area contributed by atoms with Gasteiger partial charge in [-0.25, -0.2) is 0 Å². The molecule has 0 rings (SSSR count). The Balaban J connectivity index is 4.38. The van der Waals surface area contributed by atoms with Crippen LogP contribution in [0.5, 0.6) is 0 Å². The Labute approximate surface area is 364 Å². The van der Waals surface area contributed by atoms with E-state index in [2.05, 4.69) is 81.5 Å². The fourth-order valence-electron chi connectivity index (χ4n) is 6.82. The highest BCUT2D eigenvalue weighted by atomic mass is 16.6. The van der Waals surface area contributed by atoms with Crippen molar-refractivity contribution in [2.75, 3.05) is 13.2 Å². The Bertz CT molecular complexity index is 1090. The van der Waals surface area contributed by atoms with E-state index in [4.69, 9.17) is 14.2 Å². The van der Waals surface area contributed by atoms with Gasteiger partial charge in [0.15, 0.2) is 6.10 Å². The molecule has 0 aromatic heterocycles. The predicted octanol–water partition coefficient (Wildman–Crippen LogP) is 16.1. The minimum Gasteiger partial charge on any atom is -0.462 e. The zero-order chi connectivity index (χ0) is 43.0. The van der Waals surface area contributed by atoms with Gasteiger partial charge in [-0.05, 0) is 70.6 Å². The van der Waals surface area contributed by atoms with E-state index in [-0.39, 0.29) is 31.1 Å². The fourth-order valence-corrected chi connectivity index (χ4v) is 6.82. The Morgan fingerprint density at radius 1 is 0.373 bits per heavy atom. The SMILES string of the molecule is CC\C=C/C=C\C=C/CCCCCCCC(=O)OC(COC(=O)CCCCCCCCC/C=C\C/C=C\CCCCC)COC(=O)CCCCCCCCCCCCC. The van der Waals surface area contributed by atoms with Crippen LogP contribution in [-0.2, 0) is 28.6 Å². The first kappa shape index (κ1) is 56.1. The molecule has 0 bridgehead atoms. The van der Waals surface area contributed by atoms with Gasteiger partial charge in [0.2, 0.25) is 0 Å². The van der Waals surface area contributed by atoms with Crippen LogP contribution in [-0.4, -0.2) is 37.2 Å². The summed E-state index contributed by atoms with van der Waals surface area (Å²) >= 11 is 0. The highest BCUT2D eigenvalue weighted by Gasteiger charge is 2.19. The molecule has 0 spiro atoms. The second-order valence-electron chi connectivity index (χ2n) is 16.4. The molecule has 0 saturated carbocycles. The zero-order valence-electron chi connectivity index (χ0n) is 38.8. The molecule has 0 fully saturated rings. The molecule has 6 heteroatoms. The summed E-state index contributed by atoms with van der Waals surface area (Å²) in [6.07, 6.45) is 57.7. The first-order valence-electron chi connectivity index (χ1n) is 24.8. The molecule has 6 nitrogen and oxygen atoms in total. The van der Waals surface area contributed by atoms with Gasteiger partial charge in [-0.15, -0.1) is 0 Å². The summed E-state index contributed by atoms with van der Waals surface area (Å²) in [7, 11) is 0. The van der Waals surface area contributed by atoms with Crippen LogP contribution in [0.1, 0.15) is 239 Å². The predicted molar refractivity (Wildman–Crippen MR) is 251 cm³/mol. The molecule has 340 valence electrons. The minimum atomic E-state index is -0.784. The van der Waals surface area contributed by atoms with Gasteiger partial charge < -0.3 is 14.2 Å². The molecule has 59 heavy (non-hydrogen) atoms. The summed E-state index contributed by atoms with van der Waals surface area (Å²) in [6, 6.07) is 0. The maximum atomic E-state index is 12.7. The van der Waals surface area contributed by atoms with Crippen molar-refractivity contribution in [1.82, 2.24) is 0 Å². The highest BCUT2D eigenvalue weighted by Crippen LogP contribution is 2.14. The number of ether oxygens (including phenoxy) is 3. The van der Waals surface area contributed by atoms with Gasteiger partial charge in [0.05, 0.1) is 0 Å². The molecule has 0 saturated heterocycles. The molecule has 0 heterocycles. The molecule has 0 radical (unpaired) electrons. The molecule has 0 aliphatic rings. The van der Waals surface area contributed by atoms with Crippen LogP contribution in [0, 0.1) is 0 Å². The first-order valence-corrected chi connectivity index (χ1v) is 24.8. The Morgan fingerprint density at radius 2 is 0.729 bits per heavy atom. The lowest BCUT2D eigenvalue weighted by Gasteiger charge is -2.18. The summed E-state index contributed by atoms with van der Waals surface area (Å²) in [5.41, 5.74) is 0. The monoisotopic (exact) mass is 825 g/mol. The van der Waals surface area contributed by atoms with Crippen molar-refractivity contribution < 1.29 is 28.6 Å². The summed E-state index contributed by atoms with van der Waals surface area (Å²) in [5.74, 6) is -0.911. The normalized spacial score (nSPS) is 12.5. The largest absolute Gasteiger partial charge is 0.462 e. The lowest BCUT2D eigenvalue weighted by Crippen LogP contribution is -2.30. The van der Waals surface area contributed by atoms with E-state index in [9.17, 15) is 14.4 Å². The quantitative estimate of drug-likeness (QED) is 0.0200. The number of allylic oxidation sites excluding steroid dienone is 10. The second-order valence-corrected chi connectivity index (χ2v) is 16.4. The van der Waals surface area contributed by atoms with Crippen molar-refractivity contribution in [2.45, 2.75) is 245 Å². The molecule has 0 aromatic carbocycles. The van der Waals surface area contributed by atoms with Crippen LogP contribution in [0.3, 0.4) is 0 Å². The molecule has 0 aromatic rings. The van der Waals surface area contributed by atoms with Gasteiger partial charge in [-0.2, -0.15) is 0 Å². The number of hydrogen-bond acceptors (Lipinski definition) is 6. The van der Waals surface area contributed by atoms with Crippen molar-refractivity contribution >= 4 is 17.9 Å². The van der Waals surface area contributed by atoms with Gasteiger partial charge in [0, 0.05) is 19.3 Å². The van der Waals surface area contributed by atoms with Crippen LogP contribution < -0.4 is 0 Å². The van der Waals surface area contributed by atoms with Crippen LogP contribution in [0.15, 0.2) is 60.8 Å². The van der Waals surface area contributed by atoms with Crippen LogP contribution in [0.25, 0.3) is 0 Å². The molecule has 0 amide bonds. The number of hydrogen-bond donors (Lipinski definition) is 0. The molecule has 0 N–H and O–H groups in total. The molecular weight excluding hydrogens is 733 g/mol. The van der Waals surface area contributed by atoms with Crippen molar-refractivity contribution in [3.8, 4) is 0 Å². The van der Waals surface area contributed by atoms with Gasteiger partial charge in [0.1, 0.15) is 13.2 Å². The maximum absolute atomic E-state index is 12.7. The van der Waals surface area contributed by atoms with Crippen LogP contribution in [0.4, 0.5) is 0 Å². The molecule has 1 unspecified atom stereocenters. The highest BCUT2D eigenvalue weighted by molar-refractivity contribution is 5.71. The molecular formula is C53H92O6. The lowest BCUT2D eigenvalue weighted by molar-refractivity contribution is -0.167. The third-order valence-corrected chi connectivity index (χ3v) is 10.6. The summed E-state index contributed by atoms with van der Waals surface area (Å²) < 4.78 is 16.7. The third kappa shape index (κ3) is 46.0. The average Bonchev–Trinajstić information content (AvgIpc) is 3.23. The Hall–Kier alpha value is -2.89. The van der Waals surface area contributed by atoms with Crippen LogP contribution >= 0.6 is 0 Å². The summed E-state index contributed by atoms with van der Waals surface area (Å²) in [4.78, 5) is 37.9.